The van der Waals surface area contributed by atoms with Gasteiger partial charge in [0.25, 0.3) is 0 Å². The Kier molecular flexibility index (Phi) is 8.06. The average molecular weight is 530 g/mol. The summed E-state index contributed by atoms with van der Waals surface area (Å²) in [6.45, 7) is 19.6. The number of fused-ring (bicyclic) bond motifs is 2. The predicted octanol–water partition coefficient (Wildman–Crippen LogP) is 4.91. The first-order chi connectivity index (χ1) is 17.6. The van der Waals surface area contributed by atoms with Gasteiger partial charge in [-0.2, -0.15) is 0 Å². The maximum Gasteiger partial charge on any atom is 0.410 e. The second kappa shape index (κ2) is 10.7. The minimum absolute atomic E-state index is 0.146. The van der Waals surface area contributed by atoms with E-state index in [9.17, 15) is 9.59 Å². The number of hydrogen-bond donors (Lipinski definition) is 0. The van der Waals surface area contributed by atoms with E-state index in [1.54, 1.807) is 4.90 Å². The van der Waals surface area contributed by atoms with Crippen molar-refractivity contribution >= 4 is 17.7 Å². The molecule has 1 amide bonds. The molecule has 8 nitrogen and oxygen atoms in total. The molecule has 1 aromatic carbocycles. The molecular formula is C30H47N3O5. The number of likely N-dealkylation sites (tertiary alicyclic amines) is 2. The van der Waals surface area contributed by atoms with Crippen molar-refractivity contribution in [2.75, 3.05) is 37.6 Å². The first-order valence-electron chi connectivity index (χ1n) is 14.0. The highest BCUT2D eigenvalue weighted by molar-refractivity contribution is 5.72. The van der Waals surface area contributed by atoms with E-state index in [0.29, 0.717) is 38.3 Å². The number of aryl methyl sites for hydroxylation is 1. The van der Waals surface area contributed by atoms with Crippen LogP contribution in [0.5, 0.6) is 0 Å². The van der Waals surface area contributed by atoms with Crippen LogP contribution in [0.2, 0.25) is 0 Å². The van der Waals surface area contributed by atoms with Gasteiger partial charge in [0, 0.05) is 49.5 Å². The lowest BCUT2D eigenvalue weighted by molar-refractivity contribution is -0.156. The summed E-state index contributed by atoms with van der Waals surface area (Å²) in [5.74, 6) is -0.146. The zero-order valence-corrected chi connectivity index (χ0v) is 24.6. The Labute approximate surface area is 228 Å². The summed E-state index contributed by atoms with van der Waals surface area (Å²) in [7, 11) is 0. The number of benzene rings is 1. The van der Waals surface area contributed by atoms with Gasteiger partial charge in [-0.3, -0.25) is 9.69 Å². The number of carbonyl (C=O) groups excluding carboxylic acids is 2. The Morgan fingerprint density at radius 2 is 1.63 bits per heavy atom. The van der Waals surface area contributed by atoms with Crippen LogP contribution in [0.15, 0.2) is 18.2 Å². The molecule has 3 saturated heterocycles. The Bertz CT molecular complexity index is 1020. The van der Waals surface area contributed by atoms with Gasteiger partial charge in [0.05, 0.1) is 18.8 Å². The van der Waals surface area contributed by atoms with E-state index in [4.69, 9.17) is 14.2 Å². The first-order valence-corrected chi connectivity index (χ1v) is 14.0. The van der Waals surface area contributed by atoms with Crippen LogP contribution in [0.1, 0.15) is 78.9 Å². The molecule has 0 saturated carbocycles. The molecule has 4 rings (SSSR count). The molecule has 2 bridgehead atoms. The molecule has 2 unspecified atom stereocenters. The Hall–Kier alpha value is -2.32. The van der Waals surface area contributed by atoms with Crippen molar-refractivity contribution in [2.45, 2.75) is 110 Å². The smallest absolute Gasteiger partial charge is 0.410 e. The molecule has 3 aliphatic rings. The van der Waals surface area contributed by atoms with E-state index in [1.807, 2.05) is 41.5 Å². The molecule has 0 spiro atoms. The van der Waals surface area contributed by atoms with Gasteiger partial charge in [-0.1, -0.05) is 12.1 Å². The largest absolute Gasteiger partial charge is 0.459 e. The maximum atomic E-state index is 12.5. The van der Waals surface area contributed by atoms with Gasteiger partial charge in [0.15, 0.2) is 0 Å². The van der Waals surface area contributed by atoms with Crippen LogP contribution in [0.25, 0.3) is 0 Å². The minimum atomic E-state index is -0.488. The lowest BCUT2D eigenvalue weighted by Gasteiger charge is -2.40. The number of amides is 1. The molecule has 0 aliphatic carbocycles. The lowest BCUT2D eigenvalue weighted by atomic mass is 9.93. The van der Waals surface area contributed by atoms with E-state index >= 15 is 0 Å². The standard InChI is InChI=1S/C30H47N3O5/c1-21-9-10-22(20-36-30(8)11-13-31(14-12-30)27(35)38-29(5,6)7)25(15-21)33-18-23-16-24(33)17-32(23)19-26(34)37-28(2,3)4/h9-10,15,23-24H,11-14,16-20H2,1-8H3. The Morgan fingerprint density at radius 3 is 2.21 bits per heavy atom. The average Bonchev–Trinajstić information content (AvgIpc) is 3.36. The van der Waals surface area contributed by atoms with Gasteiger partial charge >= 0.3 is 12.1 Å². The van der Waals surface area contributed by atoms with Crippen molar-refractivity contribution in [1.82, 2.24) is 9.80 Å². The summed E-state index contributed by atoms with van der Waals surface area (Å²) < 4.78 is 17.6. The van der Waals surface area contributed by atoms with E-state index in [1.165, 1.54) is 16.8 Å². The van der Waals surface area contributed by atoms with Gasteiger partial charge in [-0.25, -0.2) is 4.79 Å². The lowest BCUT2D eigenvalue weighted by Crippen LogP contribution is -2.49. The number of carbonyl (C=O) groups is 2. The highest BCUT2D eigenvalue weighted by atomic mass is 16.6. The molecule has 0 N–H and O–H groups in total. The third-order valence-electron chi connectivity index (χ3n) is 7.71. The van der Waals surface area contributed by atoms with Crippen molar-refractivity contribution in [3.8, 4) is 0 Å². The van der Waals surface area contributed by atoms with Crippen molar-refractivity contribution in [1.29, 1.82) is 0 Å². The summed E-state index contributed by atoms with van der Waals surface area (Å²) in [4.78, 5) is 31.4. The van der Waals surface area contributed by atoms with E-state index in [2.05, 4.69) is 41.8 Å². The second-order valence-corrected chi connectivity index (χ2v) is 13.5. The summed E-state index contributed by atoms with van der Waals surface area (Å²) in [6, 6.07) is 7.35. The van der Waals surface area contributed by atoms with Gasteiger partial charge in [-0.05, 0) is 86.3 Å². The van der Waals surface area contributed by atoms with Crippen LogP contribution >= 0.6 is 0 Å². The van der Waals surface area contributed by atoms with Crippen LogP contribution in [0.4, 0.5) is 10.5 Å². The molecule has 212 valence electrons. The van der Waals surface area contributed by atoms with Crippen LogP contribution in [-0.2, 0) is 25.6 Å². The van der Waals surface area contributed by atoms with Gasteiger partial charge in [0.2, 0.25) is 0 Å². The molecule has 0 aromatic heterocycles. The third-order valence-corrected chi connectivity index (χ3v) is 7.71. The molecule has 8 heteroatoms. The molecule has 1 aromatic rings. The number of ether oxygens (including phenoxy) is 3. The summed E-state index contributed by atoms with van der Waals surface area (Å²) >= 11 is 0. The van der Waals surface area contributed by atoms with Crippen molar-refractivity contribution in [3.05, 3.63) is 29.3 Å². The number of esters is 1. The zero-order chi connectivity index (χ0) is 27.9. The number of anilines is 1. The van der Waals surface area contributed by atoms with Crippen LogP contribution < -0.4 is 4.90 Å². The quantitative estimate of drug-likeness (QED) is 0.485. The van der Waals surface area contributed by atoms with E-state index in [0.717, 1.165) is 32.4 Å². The molecule has 3 aliphatic heterocycles. The van der Waals surface area contributed by atoms with E-state index < -0.39 is 11.2 Å². The van der Waals surface area contributed by atoms with Crippen molar-refractivity contribution in [2.24, 2.45) is 0 Å². The van der Waals surface area contributed by atoms with Crippen LogP contribution in [0, 0.1) is 6.92 Å². The van der Waals surface area contributed by atoms with Crippen LogP contribution in [-0.4, -0.2) is 83.5 Å². The zero-order valence-electron chi connectivity index (χ0n) is 24.6. The second-order valence-electron chi connectivity index (χ2n) is 13.5. The minimum Gasteiger partial charge on any atom is -0.459 e. The topological polar surface area (TPSA) is 71.5 Å². The normalized spacial score (nSPS) is 23.6. The van der Waals surface area contributed by atoms with Gasteiger partial charge < -0.3 is 24.0 Å². The molecule has 0 radical (unpaired) electrons. The SMILES string of the molecule is Cc1ccc(COC2(C)CCN(C(=O)OC(C)(C)C)CC2)c(N2CC3CC2CN3CC(=O)OC(C)(C)C)c1. The fraction of sp³-hybridized carbons (Fsp3) is 0.733. The molecule has 3 heterocycles. The Morgan fingerprint density at radius 1 is 0.974 bits per heavy atom. The van der Waals surface area contributed by atoms with E-state index in [-0.39, 0.29) is 17.7 Å². The van der Waals surface area contributed by atoms with Crippen LogP contribution in [0.3, 0.4) is 0 Å². The highest BCUT2D eigenvalue weighted by Gasteiger charge is 2.45. The number of piperidine rings is 1. The first kappa shape index (κ1) is 28.7. The number of piperazine rings is 1. The number of rotatable bonds is 6. The number of nitrogens with zero attached hydrogens (tertiary/aromatic N) is 3. The summed E-state index contributed by atoms with van der Waals surface area (Å²) in [6.07, 6.45) is 2.38. The van der Waals surface area contributed by atoms with Gasteiger partial charge in [-0.15, -0.1) is 0 Å². The van der Waals surface area contributed by atoms with Crippen molar-refractivity contribution < 1.29 is 23.8 Å². The molecule has 38 heavy (non-hydrogen) atoms. The predicted molar refractivity (Wildman–Crippen MR) is 148 cm³/mol. The monoisotopic (exact) mass is 529 g/mol. The fourth-order valence-electron chi connectivity index (χ4n) is 5.73. The highest BCUT2D eigenvalue weighted by Crippen LogP contribution is 2.38. The van der Waals surface area contributed by atoms with Crippen molar-refractivity contribution in [3.63, 3.8) is 0 Å². The number of hydrogen-bond acceptors (Lipinski definition) is 7. The molecule has 3 fully saturated rings. The maximum absolute atomic E-state index is 12.5. The van der Waals surface area contributed by atoms with Gasteiger partial charge in [0.1, 0.15) is 11.2 Å². The summed E-state index contributed by atoms with van der Waals surface area (Å²) in [5, 5.41) is 0. The summed E-state index contributed by atoms with van der Waals surface area (Å²) in [5.41, 5.74) is 2.43. The molecule has 2 atom stereocenters. The Balaban J connectivity index is 1.34. The molecular weight excluding hydrogens is 482 g/mol. The third kappa shape index (κ3) is 7.20. The fourth-order valence-corrected chi connectivity index (χ4v) is 5.73.